The average Bonchev–Trinajstić information content (AvgIpc) is 2.86. The van der Waals surface area contributed by atoms with Gasteiger partial charge in [-0.2, -0.15) is 0 Å². The molecule has 2 rings (SSSR count). The molecule has 0 spiro atoms. The van der Waals surface area contributed by atoms with Crippen molar-refractivity contribution in [3.05, 3.63) is 0 Å². The zero-order valence-corrected chi connectivity index (χ0v) is 13.1. The third kappa shape index (κ3) is 3.55. The van der Waals surface area contributed by atoms with Crippen molar-refractivity contribution in [3.63, 3.8) is 0 Å². The Bertz CT molecular complexity index is 343. The Hall–Kier alpha value is -0.460. The van der Waals surface area contributed by atoms with Crippen LogP contribution < -0.4 is 5.32 Å². The molecule has 0 aromatic heterocycles. The second kappa shape index (κ2) is 7.36. The molecule has 0 aliphatic carbocycles. The van der Waals surface area contributed by atoms with E-state index in [1.165, 1.54) is 0 Å². The predicted octanol–water partition coefficient (Wildman–Crippen LogP) is 0.540. The second-order valence-corrected chi connectivity index (χ2v) is 5.82. The van der Waals surface area contributed by atoms with E-state index in [0.717, 1.165) is 25.4 Å². The summed E-state index contributed by atoms with van der Waals surface area (Å²) >= 11 is 1.67. The number of nitrogens with zero attached hydrogens (tertiary/aromatic N) is 2. The van der Waals surface area contributed by atoms with E-state index in [4.69, 9.17) is 0 Å². The molecule has 1 unspecified atom stereocenters. The fourth-order valence-electron chi connectivity index (χ4n) is 2.46. The van der Waals surface area contributed by atoms with Gasteiger partial charge < -0.3 is 15.1 Å². The zero-order valence-electron chi connectivity index (χ0n) is 11.4. The lowest BCUT2D eigenvalue weighted by Gasteiger charge is -2.37. The van der Waals surface area contributed by atoms with Crippen molar-refractivity contribution in [2.75, 3.05) is 31.3 Å². The van der Waals surface area contributed by atoms with E-state index < -0.39 is 0 Å². The Morgan fingerprint density at radius 2 is 2.11 bits per heavy atom. The van der Waals surface area contributed by atoms with Gasteiger partial charge >= 0.3 is 0 Å². The standard InChI is InChI=1S/C12H21N3O2S.ClH/c1-3-11(16)15-8-18-7-10(15)12(17)14-5-4-13-6-9(14)2;/h9-10,13H,3-8H2,1-2H3;1H/t9-,10?;/m0./s1. The average molecular weight is 308 g/mol. The molecule has 5 nitrogen and oxygen atoms in total. The smallest absolute Gasteiger partial charge is 0.246 e. The van der Waals surface area contributed by atoms with Gasteiger partial charge in [0.05, 0.1) is 5.88 Å². The van der Waals surface area contributed by atoms with E-state index in [1.807, 2.05) is 11.8 Å². The predicted molar refractivity (Wildman–Crippen MR) is 79.5 cm³/mol. The van der Waals surface area contributed by atoms with Crippen LogP contribution in [0, 0.1) is 0 Å². The van der Waals surface area contributed by atoms with E-state index in [2.05, 4.69) is 12.2 Å². The van der Waals surface area contributed by atoms with Crippen molar-refractivity contribution in [1.29, 1.82) is 0 Å². The minimum Gasteiger partial charge on any atom is -0.336 e. The van der Waals surface area contributed by atoms with Gasteiger partial charge in [0.2, 0.25) is 11.8 Å². The van der Waals surface area contributed by atoms with E-state index >= 15 is 0 Å². The van der Waals surface area contributed by atoms with Gasteiger partial charge in [0, 0.05) is 37.8 Å². The largest absolute Gasteiger partial charge is 0.336 e. The van der Waals surface area contributed by atoms with Crippen molar-refractivity contribution < 1.29 is 9.59 Å². The first-order valence-corrected chi connectivity index (χ1v) is 7.69. The molecule has 2 fully saturated rings. The monoisotopic (exact) mass is 307 g/mol. The van der Waals surface area contributed by atoms with Crippen LogP contribution in [0.5, 0.6) is 0 Å². The lowest BCUT2D eigenvalue weighted by atomic mass is 10.1. The lowest BCUT2D eigenvalue weighted by molar-refractivity contribution is -0.145. The molecule has 2 saturated heterocycles. The Morgan fingerprint density at radius 3 is 2.74 bits per heavy atom. The number of amides is 2. The maximum Gasteiger partial charge on any atom is 0.246 e. The summed E-state index contributed by atoms with van der Waals surface area (Å²) in [5, 5.41) is 3.28. The molecule has 2 amide bonds. The molecule has 2 aliphatic heterocycles. The van der Waals surface area contributed by atoms with Crippen LogP contribution >= 0.6 is 24.2 Å². The molecule has 0 saturated carbocycles. The highest BCUT2D eigenvalue weighted by Crippen LogP contribution is 2.24. The Balaban J connectivity index is 0.00000180. The minimum atomic E-state index is -0.247. The summed E-state index contributed by atoms with van der Waals surface area (Å²) in [4.78, 5) is 28.0. The summed E-state index contributed by atoms with van der Waals surface area (Å²) in [6, 6.07) is -0.0292. The summed E-state index contributed by atoms with van der Waals surface area (Å²) < 4.78 is 0. The van der Waals surface area contributed by atoms with Crippen LogP contribution in [0.15, 0.2) is 0 Å². The van der Waals surface area contributed by atoms with Crippen LogP contribution in [-0.4, -0.2) is 65.0 Å². The molecule has 7 heteroatoms. The molecule has 1 N–H and O–H groups in total. The van der Waals surface area contributed by atoms with Gasteiger partial charge in [-0.3, -0.25) is 9.59 Å². The normalized spacial score (nSPS) is 27.1. The van der Waals surface area contributed by atoms with Gasteiger partial charge in [-0.1, -0.05) is 6.92 Å². The number of halogens is 1. The summed E-state index contributed by atoms with van der Waals surface area (Å²) in [5.41, 5.74) is 0. The van der Waals surface area contributed by atoms with Crippen LogP contribution in [0.25, 0.3) is 0 Å². The summed E-state index contributed by atoms with van der Waals surface area (Å²) in [6.45, 7) is 6.33. The summed E-state index contributed by atoms with van der Waals surface area (Å²) in [7, 11) is 0. The van der Waals surface area contributed by atoms with Gasteiger partial charge in [0.15, 0.2) is 0 Å². The van der Waals surface area contributed by atoms with Crippen molar-refractivity contribution in [2.45, 2.75) is 32.4 Å². The van der Waals surface area contributed by atoms with E-state index in [-0.39, 0.29) is 36.3 Å². The van der Waals surface area contributed by atoms with Crippen LogP contribution in [0.2, 0.25) is 0 Å². The van der Waals surface area contributed by atoms with Crippen LogP contribution in [0.3, 0.4) is 0 Å². The SMILES string of the molecule is CCC(=O)N1CSCC1C(=O)N1CCNC[C@@H]1C.Cl. The summed E-state index contributed by atoms with van der Waals surface area (Å²) in [6.07, 6.45) is 0.474. The van der Waals surface area contributed by atoms with Crippen molar-refractivity contribution in [1.82, 2.24) is 15.1 Å². The first-order chi connectivity index (χ1) is 8.65. The Kier molecular flexibility index (Phi) is 6.42. The number of nitrogens with one attached hydrogen (secondary N) is 1. The molecule has 110 valence electrons. The van der Waals surface area contributed by atoms with Crippen LogP contribution in [-0.2, 0) is 9.59 Å². The number of hydrogen-bond donors (Lipinski definition) is 1. The first kappa shape index (κ1) is 16.6. The Morgan fingerprint density at radius 1 is 1.37 bits per heavy atom. The highest BCUT2D eigenvalue weighted by Gasteiger charge is 2.38. The zero-order chi connectivity index (χ0) is 13.1. The minimum absolute atomic E-state index is 0. The van der Waals surface area contributed by atoms with E-state index in [1.54, 1.807) is 16.7 Å². The van der Waals surface area contributed by atoms with E-state index in [0.29, 0.717) is 12.3 Å². The third-order valence-corrected chi connectivity index (χ3v) is 4.59. The van der Waals surface area contributed by atoms with Gasteiger partial charge in [-0.15, -0.1) is 24.2 Å². The highest BCUT2D eigenvalue weighted by molar-refractivity contribution is 7.99. The number of hydrogen-bond acceptors (Lipinski definition) is 4. The fraction of sp³-hybridized carbons (Fsp3) is 0.833. The highest BCUT2D eigenvalue weighted by atomic mass is 35.5. The molecule has 0 radical (unpaired) electrons. The first-order valence-electron chi connectivity index (χ1n) is 6.53. The van der Waals surface area contributed by atoms with Gasteiger partial charge in [-0.05, 0) is 6.92 Å². The van der Waals surface area contributed by atoms with E-state index in [9.17, 15) is 9.59 Å². The molecular weight excluding hydrogens is 286 g/mol. The van der Waals surface area contributed by atoms with Crippen molar-refractivity contribution in [3.8, 4) is 0 Å². The Labute approximate surface area is 124 Å². The van der Waals surface area contributed by atoms with Crippen LogP contribution in [0.4, 0.5) is 0 Å². The number of carbonyl (C=O) groups excluding carboxylic acids is 2. The molecule has 2 atom stereocenters. The summed E-state index contributed by atoms with van der Waals surface area (Å²) in [5.74, 6) is 1.60. The molecule has 0 aromatic carbocycles. The van der Waals surface area contributed by atoms with Gasteiger partial charge in [-0.25, -0.2) is 0 Å². The molecule has 19 heavy (non-hydrogen) atoms. The van der Waals surface area contributed by atoms with Gasteiger partial charge in [0.25, 0.3) is 0 Å². The maximum absolute atomic E-state index is 12.5. The molecule has 2 aliphatic rings. The molecule has 2 heterocycles. The lowest BCUT2D eigenvalue weighted by Crippen LogP contribution is -2.57. The molecule has 0 bridgehead atoms. The topological polar surface area (TPSA) is 52.7 Å². The molecular formula is C12H22ClN3O2S. The van der Waals surface area contributed by atoms with Crippen molar-refractivity contribution >= 4 is 36.0 Å². The molecule has 0 aromatic rings. The van der Waals surface area contributed by atoms with Crippen LogP contribution in [0.1, 0.15) is 20.3 Å². The number of thioether (sulfide) groups is 1. The third-order valence-electron chi connectivity index (χ3n) is 3.57. The second-order valence-electron chi connectivity index (χ2n) is 4.82. The fourth-order valence-corrected chi connectivity index (χ4v) is 3.63. The number of piperazine rings is 1. The quantitative estimate of drug-likeness (QED) is 0.809. The maximum atomic E-state index is 12.5. The number of carbonyl (C=O) groups is 2. The number of rotatable bonds is 2. The van der Waals surface area contributed by atoms with Gasteiger partial charge in [0.1, 0.15) is 6.04 Å². The van der Waals surface area contributed by atoms with Crippen molar-refractivity contribution in [2.24, 2.45) is 0 Å².